The lowest BCUT2D eigenvalue weighted by molar-refractivity contribution is 0.188. The molecule has 0 aliphatic heterocycles. The van der Waals surface area contributed by atoms with Crippen molar-refractivity contribution in [2.24, 2.45) is 5.73 Å². The van der Waals surface area contributed by atoms with Crippen molar-refractivity contribution in [1.82, 2.24) is 0 Å². The first-order valence-electron chi connectivity index (χ1n) is 6.23. The Morgan fingerprint density at radius 2 is 1.94 bits per heavy atom. The molecule has 0 bridgehead atoms. The molecule has 0 spiro atoms. The monoisotopic (exact) mass is 236 g/mol. The average Bonchev–Trinajstić information content (AvgIpc) is 2.34. The van der Waals surface area contributed by atoms with E-state index in [1.54, 1.807) is 7.11 Å². The van der Waals surface area contributed by atoms with Gasteiger partial charge in [-0.1, -0.05) is 17.7 Å². The van der Waals surface area contributed by atoms with Crippen LogP contribution in [0.1, 0.15) is 18.9 Å². The summed E-state index contributed by atoms with van der Waals surface area (Å²) >= 11 is 0. The van der Waals surface area contributed by atoms with Crippen LogP contribution in [0.2, 0.25) is 0 Å². The highest BCUT2D eigenvalue weighted by Gasteiger charge is 2.09. The van der Waals surface area contributed by atoms with Gasteiger partial charge in [-0.25, -0.2) is 0 Å². The molecule has 0 aliphatic rings. The van der Waals surface area contributed by atoms with E-state index in [0.29, 0.717) is 0 Å². The molecule has 3 heteroatoms. The van der Waals surface area contributed by atoms with Gasteiger partial charge in [-0.3, -0.25) is 0 Å². The van der Waals surface area contributed by atoms with Crippen LogP contribution in [0.5, 0.6) is 0 Å². The molecule has 0 fully saturated rings. The third kappa shape index (κ3) is 4.75. The highest BCUT2D eigenvalue weighted by Crippen LogP contribution is 2.15. The maximum Gasteiger partial charge on any atom is 0.0477 e. The lowest BCUT2D eigenvalue weighted by Crippen LogP contribution is -2.38. The van der Waals surface area contributed by atoms with E-state index >= 15 is 0 Å². The van der Waals surface area contributed by atoms with Crippen LogP contribution < -0.4 is 10.6 Å². The Kier molecular flexibility index (Phi) is 6.01. The SMILES string of the molecule is CCN(CC(N)CCOC)c1ccc(C)cc1. The molecule has 1 aromatic carbocycles. The van der Waals surface area contributed by atoms with Crippen molar-refractivity contribution in [3.8, 4) is 0 Å². The summed E-state index contributed by atoms with van der Waals surface area (Å²) in [6.45, 7) is 6.84. The maximum absolute atomic E-state index is 6.08. The molecule has 3 nitrogen and oxygen atoms in total. The third-order valence-electron chi connectivity index (χ3n) is 2.93. The summed E-state index contributed by atoms with van der Waals surface area (Å²) in [5.41, 5.74) is 8.61. The van der Waals surface area contributed by atoms with Crippen LogP contribution in [0.3, 0.4) is 0 Å². The van der Waals surface area contributed by atoms with E-state index in [1.807, 2.05) is 0 Å². The quantitative estimate of drug-likeness (QED) is 0.788. The highest BCUT2D eigenvalue weighted by molar-refractivity contribution is 5.47. The molecule has 1 aromatic rings. The molecule has 1 rings (SSSR count). The van der Waals surface area contributed by atoms with Gasteiger partial charge in [-0.15, -0.1) is 0 Å². The molecular formula is C14H24N2O. The van der Waals surface area contributed by atoms with Crippen LogP contribution in [0.25, 0.3) is 0 Å². The van der Waals surface area contributed by atoms with Gasteiger partial charge < -0.3 is 15.4 Å². The summed E-state index contributed by atoms with van der Waals surface area (Å²) in [6.07, 6.45) is 0.902. The highest BCUT2D eigenvalue weighted by atomic mass is 16.5. The maximum atomic E-state index is 6.08. The Morgan fingerprint density at radius 1 is 1.29 bits per heavy atom. The van der Waals surface area contributed by atoms with Gasteiger partial charge in [0.15, 0.2) is 0 Å². The molecule has 0 saturated heterocycles. The van der Waals surface area contributed by atoms with E-state index in [9.17, 15) is 0 Å². The lowest BCUT2D eigenvalue weighted by Gasteiger charge is -2.26. The van der Waals surface area contributed by atoms with E-state index in [2.05, 4.69) is 43.0 Å². The second-order valence-corrected chi connectivity index (χ2v) is 4.42. The number of ether oxygens (including phenoxy) is 1. The summed E-state index contributed by atoms with van der Waals surface area (Å²) < 4.78 is 5.05. The minimum absolute atomic E-state index is 0.163. The number of benzene rings is 1. The number of hydrogen-bond acceptors (Lipinski definition) is 3. The Morgan fingerprint density at radius 3 is 2.47 bits per heavy atom. The molecular weight excluding hydrogens is 212 g/mol. The third-order valence-corrected chi connectivity index (χ3v) is 2.93. The molecule has 0 radical (unpaired) electrons. The second-order valence-electron chi connectivity index (χ2n) is 4.42. The number of likely N-dealkylation sites (N-methyl/N-ethyl adjacent to an activating group) is 1. The Bertz CT molecular complexity index is 311. The van der Waals surface area contributed by atoms with Crippen molar-refractivity contribution in [2.45, 2.75) is 26.3 Å². The number of hydrogen-bond donors (Lipinski definition) is 1. The van der Waals surface area contributed by atoms with Gasteiger partial charge in [-0.2, -0.15) is 0 Å². The van der Waals surface area contributed by atoms with Gasteiger partial charge in [0.05, 0.1) is 0 Å². The fraction of sp³-hybridized carbons (Fsp3) is 0.571. The molecule has 96 valence electrons. The number of nitrogens with two attached hydrogens (primary N) is 1. The number of aryl methyl sites for hydroxylation is 1. The topological polar surface area (TPSA) is 38.5 Å². The summed E-state index contributed by atoms with van der Waals surface area (Å²) in [5, 5.41) is 0. The standard InChI is InChI=1S/C14H24N2O/c1-4-16(11-13(15)9-10-17-3)14-7-5-12(2)6-8-14/h5-8,13H,4,9-11,15H2,1-3H3. The van der Waals surface area contributed by atoms with Crippen LogP contribution in [-0.2, 0) is 4.74 Å². The van der Waals surface area contributed by atoms with Gasteiger partial charge in [0.1, 0.15) is 0 Å². The second kappa shape index (κ2) is 7.30. The zero-order chi connectivity index (χ0) is 12.7. The Labute approximate surface area is 105 Å². The minimum Gasteiger partial charge on any atom is -0.385 e. The van der Waals surface area contributed by atoms with Crippen LogP contribution in [0.4, 0.5) is 5.69 Å². The summed E-state index contributed by atoms with van der Waals surface area (Å²) in [4.78, 5) is 2.31. The van der Waals surface area contributed by atoms with E-state index in [-0.39, 0.29) is 6.04 Å². The van der Waals surface area contributed by atoms with Gasteiger partial charge >= 0.3 is 0 Å². The number of rotatable bonds is 7. The van der Waals surface area contributed by atoms with Crippen molar-refractivity contribution in [1.29, 1.82) is 0 Å². The molecule has 0 saturated carbocycles. The van der Waals surface area contributed by atoms with Crippen molar-refractivity contribution in [3.05, 3.63) is 29.8 Å². The summed E-state index contributed by atoms with van der Waals surface area (Å²) in [6, 6.07) is 8.75. The van der Waals surface area contributed by atoms with Crippen LogP contribution in [-0.4, -0.2) is 32.8 Å². The molecule has 0 aliphatic carbocycles. The van der Waals surface area contributed by atoms with Gasteiger partial charge in [0, 0.05) is 38.5 Å². The molecule has 0 heterocycles. The molecule has 0 amide bonds. The molecule has 2 N–H and O–H groups in total. The van der Waals surface area contributed by atoms with Crippen molar-refractivity contribution >= 4 is 5.69 Å². The number of anilines is 1. The number of nitrogens with zero attached hydrogens (tertiary/aromatic N) is 1. The number of methoxy groups -OCH3 is 1. The molecule has 0 aromatic heterocycles. The van der Waals surface area contributed by atoms with Crippen molar-refractivity contribution in [3.63, 3.8) is 0 Å². The first-order valence-corrected chi connectivity index (χ1v) is 6.23. The zero-order valence-corrected chi connectivity index (χ0v) is 11.1. The van der Waals surface area contributed by atoms with Crippen molar-refractivity contribution < 1.29 is 4.74 Å². The minimum atomic E-state index is 0.163. The molecule has 1 unspecified atom stereocenters. The predicted molar refractivity (Wildman–Crippen MR) is 73.5 cm³/mol. The smallest absolute Gasteiger partial charge is 0.0477 e. The van der Waals surface area contributed by atoms with E-state index in [4.69, 9.17) is 10.5 Å². The van der Waals surface area contributed by atoms with Gasteiger partial charge in [0.25, 0.3) is 0 Å². The summed E-state index contributed by atoms with van der Waals surface area (Å²) in [7, 11) is 1.71. The van der Waals surface area contributed by atoms with Crippen molar-refractivity contribution in [2.75, 3.05) is 31.7 Å². The Balaban J connectivity index is 2.56. The van der Waals surface area contributed by atoms with E-state index in [1.165, 1.54) is 11.3 Å². The predicted octanol–water partition coefficient (Wildman–Crippen LogP) is 2.19. The fourth-order valence-corrected chi connectivity index (χ4v) is 1.82. The largest absolute Gasteiger partial charge is 0.385 e. The van der Waals surface area contributed by atoms with Gasteiger partial charge in [-0.05, 0) is 32.4 Å². The molecule has 1 atom stereocenters. The van der Waals surface area contributed by atoms with Gasteiger partial charge in [0.2, 0.25) is 0 Å². The molecule has 17 heavy (non-hydrogen) atoms. The normalized spacial score (nSPS) is 12.5. The van der Waals surface area contributed by atoms with Crippen LogP contribution >= 0.6 is 0 Å². The fourth-order valence-electron chi connectivity index (χ4n) is 1.82. The first-order chi connectivity index (χ1) is 8.17. The zero-order valence-electron chi connectivity index (χ0n) is 11.1. The van der Waals surface area contributed by atoms with E-state index < -0.39 is 0 Å². The Hall–Kier alpha value is -1.06. The van der Waals surface area contributed by atoms with Crippen LogP contribution in [0.15, 0.2) is 24.3 Å². The lowest BCUT2D eigenvalue weighted by atomic mass is 10.1. The van der Waals surface area contributed by atoms with Crippen LogP contribution in [0, 0.1) is 6.92 Å². The summed E-state index contributed by atoms with van der Waals surface area (Å²) in [5.74, 6) is 0. The average molecular weight is 236 g/mol. The first kappa shape index (κ1) is 14.0. The van der Waals surface area contributed by atoms with E-state index in [0.717, 1.165) is 26.1 Å².